The van der Waals surface area contributed by atoms with E-state index in [1.54, 1.807) is 155 Å². The normalized spacial score (nSPS) is 23.8. The van der Waals surface area contributed by atoms with E-state index in [1.165, 1.54) is 77.1 Å². The highest BCUT2D eigenvalue weighted by atomic mass is 32.2. The standard InChI is InChI=1S/C97H124N16O18S/c1-9-10-33-79-96(130)113-45-24-35-78(113)91(125)106-75(55-114)89(123)108-84(59(4)5)97(131)110(7)80(50-61-27-16-12-17-28-61)92(126)105-74(49-64-38-42-67(116)43-39-64)94(128)112-44-23-22-34-77(112)90(124)104-72(52-65-53-99-69-32-21-20-31-68(65)69)88(122)103-71(47-63-36-40-66(115)41-37-63)87(121)102-70(46-58(2)3)86(120)107-76(85(119)100-54-82(98)117)56-132-57-83(118)101-73(48-60-25-14-11-15-26-60)93(127)111(8)81(95(129)109(79)6)51-62-29-18-13-19-30-62/h11-21,25-32,36-43,53,58-59,70-81,84,99,114-116H,9-10,22-24,33-35,44-52,54-57H2,1-8H3,(H2,98,117)(H,100,119)(H,101,118)(H,102,121)(H,103,122)(H,104,124)(H,105,126)(H,106,125)(H,107,120)(H,108,123)/t70-,71-,72-,73-,74-,75-,76-,77+,78+,79-,80-,81-,84-/m0/s1. The zero-order chi connectivity index (χ0) is 95.4. The lowest BCUT2D eigenvalue weighted by Crippen LogP contribution is -2.63. The Morgan fingerprint density at radius 3 is 1.49 bits per heavy atom. The molecular formula is C97H124N16O18S. The number of piperidine rings is 1. The Morgan fingerprint density at radius 2 is 0.924 bits per heavy atom. The number of benzene rings is 6. The second kappa shape index (κ2) is 48.6. The van der Waals surface area contributed by atoms with Crippen LogP contribution >= 0.6 is 11.8 Å². The summed E-state index contributed by atoms with van der Waals surface area (Å²) >= 11 is 0.853. The minimum absolute atomic E-state index is 0.0340. The van der Waals surface area contributed by atoms with E-state index in [0.29, 0.717) is 76.4 Å². The van der Waals surface area contributed by atoms with Gasteiger partial charge in [0.2, 0.25) is 88.6 Å². The number of aliphatic hydroxyl groups is 1. The van der Waals surface area contributed by atoms with Crippen molar-refractivity contribution in [3.63, 3.8) is 0 Å². The molecule has 706 valence electrons. The predicted molar refractivity (Wildman–Crippen MR) is 496 cm³/mol. The summed E-state index contributed by atoms with van der Waals surface area (Å²) in [6, 6.07) is 26.2. The molecule has 3 aliphatic rings. The monoisotopic (exact) mass is 1830 g/mol. The molecule has 1 aromatic heterocycles. The van der Waals surface area contributed by atoms with Crippen molar-refractivity contribution in [3.8, 4) is 11.5 Å². The number of fused-ring (bicyclic) bond motifs is 3. The highest BCUT2D eigenvalue weighted by Crippen LogP contribution is 2.29. The molecule has 13 atom stereocenters. The van der Waals surface area contributed by atoms with E-state index in [9.17, 15) is 39.3 Å². The van der Waals surface area contributed by atoms with Crippen molar-refractivity contribution in [1.82, 2.24) is 77.3 Å². The van der Waals surface area contributed by atoms with Crippen LogP contribution < -0.4 is 53.6 Å². The Morgan fingerprint density at radius 1 is 0.462 bits per heavy atom. The highest BCUT2D eigenvalue weighted by molar-refractivity contribution is 8.00. The number of carbonyl (C=O) groups excluding carboxylic acids is 15. The number of phenols is 2. The highest BCUT2D eigenvalue weighted by Gasteiger charge is 2.46. The lowest BCUT2D eigenvalue weighted by molar-refractivity contribution is -0.152. The van der Waals surface area contributed by atoms with Gasteiger partial charge in [0.15, 0.2) is 0 Å². The third kappa shape index (κ3) is 27.9. The van der Waals surface area contributed by atoms with Gasteiger partial charge in [-0.05, 0) is 120 Å². The Kier molecular flexibility index (Phi) is 37.2. The summed E-state index contributed by atoms with van der Waals surface area (Å²) in [6.45, 7) is 7.03. The van der Waals surface area contributed by atoms with E-state index >= 15 is 47.9 Å². The zero-order valence-electron chi connectivity index (χ0n) is 75.9. The average molecular weight is 1830 g/mol. The zero-order valence-corrected chi connectivity index (χ0v) is 76.7. The number of nitrogens with zero attached hydrogens (tertiary/aromatic N) is 5. The number of nitrogens with two attached hydrogens (primary N) is 1. The molecule has 3 fully saturated rings. The number of aliphatic hydroxyl groups excluding tert-OH is 1. The molecule has 6 aromatic carbocycles. The Labute approximate surface area is 772 Å². The van der Waals surface area contributed by atoms with Gasteiger partial charge in [0.1, 0.15) is 90.0 Å². The molecule has 15 amide bonds. The van der Waals surface area contributed by atoms with Crippen LogP contribution in [-0.2, 0) is 110 Å². The average Bonchev–Trinajstić information content (AvgIpc) is 0.950. The van der Waals surface area contributed by atoms with Crippen molar-refractivity contribution in [1.29, 1.82) is 0 Å². The first kappa shape index (κ1) is 101. The fourth-order valence-electron chi connectivity index (χ4n) is 16.9. The maximum Gasteiger partial charge on any atom is 0.246 e. The number of aromatic hydroxyl groups is 2. The summed E-state index contributed by atoms with van der Waals surface area (Å²) in [5.74, 6) is -14.6. The molecule has 0 unspecified atom stereocenters. The fraction of sp³-hybridized carbons (Fsp3) is 0.454. The van der Waals surface area contributed by atoms with Crippen molar-refractivity contribution in [2.45, 2.75) is 209 Å². The van der Waals surface area contributed by atoms with E-state index in [-0.39, 0.29) is 100 Å². The van der Waals surface area contributed by atoms with Gasteiger partial charge in [0.05, 0.1) is 18.9 Å². The summed E-state index contributed by atoms with van der Waals surface area (Å²) in [6.07, 6.45) is 2.81. The summed E-state index contributed by atoms with van der Waals surface area (Å²) < 4.78 is 0. The van der Waals surface area contributed by atoms with Crippen molar-refractivity contribution in [3.05, 3.63) is 203 Å². The van der Waals surface area contributed by atoms with Crippen molar-refractivity contribution in [2.75, 3.05) is 58.9 Å². The van der Waals surface area contributed by atoms with Crippen LogP contribution in [0.25, 0.3) is 10.9 Å². The Hall–Kier alpha value is -13.2. The quantitative estimate of drug-likeness (QED) is 0.0463. The first-order chi connectivity index (χ1) is 63.2. The number of rotatable bonds is 22. The molecule has 0 spiro atoms. The number of likely N-dealkylation sites (N-methyl/N-ethyl adjacent to an activating group) is 3. The molecular weight excluding hydrogens is 1710 g/mol. The molecule has 0 aliphatic carbocycles. The maximum atomic E-state index is 15.9. The number of hydrogen-bond acceptors (Lipinski definition) is 19. The first-order valence-corrected chi connectivity index (χ1v) is 46.2. The molecule has 3 saturated heterocycles. The summed E-state index contributed by atoms with van der Waals surface area (Å²) in [4.78, 5) is 236. The number of nitrogens with one attached hydrogen (secondary N) is 10. The third-order valence-electron chi connectivity index (χ3n) is 24.2. The van der Waals surface area contributed by atoms with Gasteiger partial charge in [-0.2, -0.15) is 0 Å². The number of primary amides is 1. The topological polar surface area (TPSA) is 483 Å². The number of amides is 15. The fourth-order valence-corrected chi connectivity index (χ4v) is 17.7. The first-order valence-electron chi connectivity index (χ1n) is 45.0. The van der Waals surface area contributed by atoms with Crippen LogP contribution in [0.2, 0.25) is 0 Å². The smallest absolute Gasteiger partial charge is 0.246 e. The molecule has 0 radical (unpaired) electrons. The number of para-hydroxylation sites is 1. The van der Waals surface area contributed by atoms with Gasteiger partial charge in [-0.25, -0.2) is 0 Å². The minimum Gasteiger partial charge on any atom is -0.508 e. The summed E-state index contributed by atoms with van der Waals surface area (Å²) in [5.41, 5.74) is 9.38. The summed E-state index contributed by atoms with van der Waals surface area (Å²) in [5, 5.41) is 57.5. The third-order valence-corrected chi connectivity index (χ3v) is 25.3. The van der Waals surface area contributed by atoms with Crippen LogP contribution in [0.1, 0.15) is 126 Å². The van der Waals surface area contributed by atoms with Crippen LogP contribution in [-0.4, -0.2) is 271 Å². The van der Waals surface area contributed by atoms with Gasteiger partial charge in [-0.1, -0.05) is 181 Å². The number of phenolic OH excluding ortho intramolecular Hbond substituents is 2. The maximum absolute atomic E-state index is 15.9. The molecule has 35 heteroatoms. The van der Waals surface area contributed by atoms with Gasteiger partial charge in [-0.15, -0.1) is 11.8 Å². The number of carbonyl (C=O) groups is 15. The second-order valence-corrected chi connectivity index (χ2v) is 35.9. The van der Waals surface area contributed by atoms with E-state index in [2.05, 4.69) is 52.8 Å². The molecule has 3 aliphatic heterocycles. The second-order valence-electron chi connectivity index (χ2n) is 34.9. The van der Waals surface area contributed by atoms with E-state index in [0.717, 1.165) is 16.7 Å². The van der Waals surface area contributed by atoms with Crippen LogP contribution in [0, 0.1) is 11.8 Å². The number of aromatic nitrogens is 1. The molecule has 0 bridgehead atoms. The number of unbranched alkanes of at least 4 members (excludes halogenated alkanes) is 1. The van der Waals surface area contributed by atoms with Gasteiger partial charge in [0.25, 0.3) is 0 Å². The lowest BCUT2D eigenvalue weighted by atomic mass is 9.96. The number of hydrogen-bond donors (Lipinski definition) is 14. The summed E-state index contributed by atoms with van der Waals surface area (Å²) in [7, 11) is 4.20. The molecule has 10 rings (SSSR count). The Balaban J connectivity index is 1.04. The van der Waals surface area contributed by atoms with Crippen LogP contribution in [0.5, 0.6) is 11.5 Å². The van der Waals surface area contributed by atoms with Crippen LogP contribution in [0.15, 0.2) is 170 Å². The number of aromatic amines is 1. The minimum atomic E-state index is -1.73. The van der Waals surface area contributed by atoms with Crippen LogP contribution in [0.3, 0.4) is 0 Å². The van der Waals surface area contributed by atoms with Crippen molar-refractivity contribution in [2.24, 2.45) is 17.6 Å². The molecule has 0 saturated carbocycles. The van der Waals surface area contributed by atoms with E-state index in [4.69, 9.17) is 5.73 Å². The van der Waals surface area contributed by atoms with Gasteiger partial charge < -0.3 is 98.4 Å². The van der Waals surface area contributed by atoms with Gasteiger partial charge in [-0.3, -0.25) is 71.9 Å². The lowest BCUT2D eigenvalue weighted by Gasteiger charge is -2.38. The van der Waals surface area contributed by atoms with Crippen molar-refractivity contribution >= 4 is 111 Å². The molecule has 7 aromatic rings. The van der Waals surface area contributed by atoms with E-state index in [1.807, 2.05) is 13.0 Å². The molecule has 132 heavy (non-hydrogen) atoms. The van der Waals surface area contributed by atoms with Gasteiger partial charge in [0, 0.05) is 95.6 Å². The predicted octanol–water partition coefficient (Wildman–Crippen LogP) is 3.30. The number of H-pyrrole nitrogens is 1. The SMILES string of the molecule is CCCC[C@H]1C(=O)N2CCC[C@@H]2C(=O)N[C@@H](CO)C(=O)N[C@@H](C(C)C)C(=O)N(C)[C@@H](Cc2ccccc2)C(=O)N[C@@H](Cc2ccc(O)cc2)C(=O)N2CCCC[C@@H]2C(=O)N[C@@H](Cc2c[nH]c3ccccc23)C(=O)N[C@@H](Cc2ccc(O)cc2)C(=O)N[C@@H](CC(C)C)C(=O)N[C@H](C(=O)NCC(N)=O)CSCC(=O)N[C@@H](Cc2ccccc2)C(=O)N(C)[C@@H](Cc2ccccc2)C(=O)N1C. The van der Waals surface area contributed by atoms with Gasteiger partial charge >= 0.3 is 0 Å². The van der Waals surface area contributed by atoms with Crippen LogP contribution in [0.4, 0.5) is 0 Å². The molecule has 15 N–H and O–H groups in total. The molecule has 34 nitrogen and oxygen atoms in total. The Bertz CT molecular complexity index is 5170. The van der Waals surface area contributed by atoms with E-state index < -0.39 is 192 Å². The largest absolute Gasteiger partial charge is 0.508 e. The van der Waals surface area contributed by atoms with Crippen molar-refractivity contribution < 1.29 is 87.2 Å². The number of thioether (sulfide) groups is 1. The molecule has 4 heterocycles.